The molecule has 8 nitrogen and oxygen atoms in total. The van der Waals surface area contributed by atoms with Gasteiger partial charge in [0.05, 0.1) is 28.1 Å². The number of hydrogen-bond donors (Lipinski definition) is 3. The van der Waals surface area contributed by atoms with Crippen LogP contribution in [0.1, 0.15) is 40.7 Å². The SMILES string of the molecule is O=C(N[C@@H]1C[C@H](Cn2cc(C3CC3)nn2)[C@@H](O)[C@H]1O)c1nc2ccccc2s1. The number of hydrogen-bond acceptors (Lipinski definition) is 7. The smallest absolute Gasteiger partial charge is 0.280 e. The molecular formula is C19H21N5O3S. The zero-order valence-corrected chi connectivity index (χ0v) is 15.9. The van der Waals surface area contributed by atoms with E-state index in [0.717, 1.165) is 28.8 Å². The van der Waals surface area contributed by atoms with Crippen LogP contribution in [0.2, 0.25) is 0 Å². The summed E-state index contributed by atoms with van der Waals surface area (Å²) in [6, 6.07) is 7.04. The fourth-order valence-electron chi connectivity index (χ4n) is 3.86. The summed E-state index contributed by atoms with van der Waals surface area (Å²) in [5.74, 6) is -0.00650. The molecule has 2 aliphatic rings. The standard InChI is InChI=1S/C19H21N5O3S/c25-16-11(8-24-9-14(22-23-24)10-5-6-10)7-13(17(16)26)20-18(27)19-21-12-3-1-2-4-15(12)28-19/h1-4,9-11,13,16-17,25-26H,5-8H2,(H,20,27)/t11-,13-,16-,17+/m1/s1. The van der Waals surface area contributed by atoms with Crippen molar-refractivity contribution in [1.82, 2.24) is 25.3 Å². The number of carbonyl (C=O) groups excluding carboxylic acids is 1. The largest absolute Gasteiger partial charge is 0.390 e. The van der Waals surface area contributed by atoms with Crippen LogP contribution in [0.5, 0.6) is 0 Å². The number of amides is 1. The summed E-state index contributed by atoms with van der Waals surface area (Å²) in [6.45, 7) is 0.464. The van der Waals surface area contributed by atoms with Gasteiger partial charge in [-0.15, -0.1) is 16.4 Å². The molecule has 0 bridgehead atoms. The molecule has 2 aliphatic carbocycles. The number of rotatable bonds is 5. The maximum atomic E-state index is 12.6. The fraction of sp³-hybridized carbons (Fsp3) is 0.474. The predicted octanol–water partition coefficient (Wildman–Crippen LogP) is 1.31. The van der Waals surface area contributed by atoms with E-state index in [2.05, 4.69) is 20.6 Å². The van der Waals surface area contributed by atoms with Gasteiger partial charge in [0.2, 0.25) is 0 Å². The van der Waals surface area contributed by atoms with Crippen molar-refractivity contribution >= 4 is 27.5 Å². The topological polar surface area (TPSA) is 113 Å². The van der Waals surface area contributed by atoms with Gasteiger partial charge in [0.1, 0.15) is 6.10 Å². The highest BCUT2D eigenvalue weighted by molar-refractivity contribution is 7.20. The van der Waals surface area contributed by atoms with Crippen LogP contribution in [-0.2, 0) is 6.54 Å². The third-order valence-corrected chi connectivity index (χ3v) is 6.62. The van der Waals surface area contributed by atoms with E-state index < -0.39 is 18.2 Å². The summed E-state index contributed by atoms with van der Waals surface area (Å²) in [5.41, 5.74) is 1.77. The van der Waals surface area contributed by atoms with Gasteiger partial charge >= 0.3 is 0 Å². The van der Waals surface area contributed by atoms with Crippen molar-refractivity contribution in [3.63, 3.8) is 0 Å². The van der Waals surface area contributed by atoms with Crippen molar-refractivity contribution in [1.29, 1.82) is 0 Å². The molecule has 3 aromatic rings. The second-order valence-corrected chi connectivity index (χ2v) is 8.71. The minimum Gasteiger partial charge on any atom is -0.390 e. The van der Waals surface area contributed by atoms with Gasteiger partial charge < -0.3 is 15.5 Å². The summed E-state index contributed by atoms with van der Waals surface area (Å²) in [4.78, 5) is 16.9. The third-order valence-electron chi connectivity index (χ3n) is 5.58. The number of benzene rings is 1. The van der Waals surface area contributed by atoms with Crippen LogP contribution in [0, 0.1) is 5.92 Å². The zero-order chi connectivity index (χ0) is 19.3. The number of aliphatic hydroxyl groups excluding tert-OH is 2. The summed E-state index contributed by atoms with van der Waals surface area (Å²) in [7, 11) is 0. The summed E-state index contributed by atoms with van der Waals surface area (Å²) >= 11 is 1.32. The quantitative estimate of drug-likeness (QED) is 0.596. The average Bonchev–Trinajstić information content (AvgIpc) is 3.18. The van der Waals surface area contributed by atoms with Crippen LogP contribution >= 0.6 is 11.3 Å². The van der Waals surface area contributed by atoms with E-state index in [1.165, 1.54) is 11.3 Å². The Hall–Kier alpha value is -2.36. The van der Waals surface area contributed by atoms with Crippen molar-refractivity contribution in [2.75, 3.05) is 0 Å². The molecule has 0 unspecified atom stereocenters. The fourth-order valence-corrected chi connectivity index (χ4v) is 4.73. The van der Waals surface area contributed by atoms with Gasteiger partial charge in [-0.05, 0) is 31.4 Å². The normalized spacial score (nSPS) is 27.4. The number of nitrogens with one attached hydrogen (secondary N) is 1. The maximum Gasteiger partial charge on any atom is 0.280 e. The molecular weight excluding hydrogens is 378 g/mol. The second kappa shape index (κ2) is 6.91. The number of aromatic nitrogens is 4. The first-order chi connectivity index (χ1) is 13.6. The highest BCUT2D eigenvalue weighted by atomic mass is 32.1. The molecule has 2 saturated carbocycles. The lowest BCUT2D eigenvalue weighted by Gasteiger charge is -2.17. The number of para-hydroxylation sites is 1. The molecule has 2 heterocycles. The van der Waals surface area contributed by atoms with Crippen LogP contribution in [0.25, 0.3) is 10.2 Å². The van der Waals surface area contributed by atoms with Gasteiger partial charge in [-0.25, -0.2) is 4.98 Å². The van der Waals surface area contributed by atoms with Crippen molar-refractivity contribution in [3.05, 3.63) is 41.2 Å². The Kier molecular flexibility index (Phi) is 4.37. The molecule has 146 valence electrons. The molecule has 2 aromatic heterocycles. The van der Waals surface area contributed by atoms with E-state index in [-0.39, 0.29) is 11.8 Å². The summed E-state index contributed by atoms with van der Waals surface area (Å²) in [5, 5.41) is 32.4. The molecule has 1 amide bonds. The van der Waals surface area contributed by atoms with Gasteiger partial charge in [0, 0.05) is 24.6 Å². The summed E-state index contributed by atoms with van der Waals surface area (Å²) < 4.78 is 2.67. The first-order valence-corrected chi connectivity index (χ1v) is 10.3. The Labute approximate surface area is 165 Å². The molecule has 28 heavy (non-hydrogen) atoms. The van der Waals surface area contributed by atoms with Crippen molar-refractivity contribution in [2.45, 2.75) is 50.0 Å². The highest BCUT2D eigenvalue weighted by Gasteiger charge is 2.42. The van der Waals surface area contributed by atoms with Gasteiger partial charge in [0.15, 0.2) is 5.01 Å². The van der Waals surface area contributed by atoms with Crippen LogP contribution < -0.4 is 5.32 Å². The molecule has 4 atom stereocenters. The van der Waals surface area contributed by atoms with Gasteiger partial charge in [-0.3, -0.25) is 9.48 Å². The molecule has 0 aliphatic heterocycles. The third kappa shape index (κ3) is 3.30. The molecule has 2 fully saturated rings. The van der Waals surface area contributed by atoms with E-state index >= 15 is 0 Å². The predicted molar refractivity (Wildman–Crippen MR) is 103 cm³/mol. The minimum atomic E-state index is -1.02. The van der Waals surface area contributed by atoms with Crippen LogP contribution in [-0.4, -0.2) is 54.3 Å². The Balaban J connectivity index is 1.25. The van der Waals surface area contributed by atoms with Gasteiger partial charge in [-0.1, -0.05) is 17.3 Å². The highest BCUT2D eigenvalue weighted by Crippen LogP contribution is 2.38. The van der Waals surface area contributed by atoms with Crippen LogP contribution in [0.15, 0.2) is 30.5 Å². The number of fused-ring (bicyclic) bond motifs is 1. The van der Waals surface area contributed by atoms with Crippen molar-refractivity contribution < 1.29 is 15.0 Å². The molecule has 0 radical (unpaired) electrons. The monoisotopic (exact) mass is 399 g/mol. The zero-order valence-electron chi connectivity index (χ0n) is 15.1. The first-order valence-electron chi connectivity index (χ1n) is 9.51. The molecule has 1 aromatic carbocycles. The van der Waals surface area contributed by atoms with E-state index in [1.54, 1.807) is 4.68 Å². The average molecular weight is 399 g/mol. The Morgan fingerprint density at radius 1 is 1.25 bits per heavy atom. The summed E-state index contributed by atoms with van der Waals surface area (Å²) in [6.07, 6.45) is 2.76. The molecule has 3 N–H and O–H groups in total. The Morgan fingerprint density at radius 2 is 2.07 bits per heavy atom. The molecule has 5 rings (SSSR count). The molecule has 9 heteroatoms. The molecule has 0 spiro atoms. The van der Waals surface area contributed by atoms with Crippen LogP contribution in [0.3, 0.4) is 0 Å². The lowest BCUT2D eigenvalue weighted by Crippen LogP contribution is -2.43. The number of thiazole rings is 1. The number of aliphatic hydroxyl groups is 2. The van der Waals surface area contributed by atoms with Crippen molar-refractivity contribution in [3.8, 4) is 0 Å². The second-order valence-electron chi connectivity index (χ2n) is 7.68. The van der Waals surface area contributed by atoms with E-state index in [9.17, 15) is 15.0 Å². The number of carbonyl (C=O) groups is 1. The van der Waals surface area contributed by atoms with Gasteiger partial charge in [0.25, 0.3) is 5.91 Å². The van der Waals surface area contributed by atoms with E-state index in [4.69, 9.17) is 0 Å². The van der Waals surface area contributed by atoms with Gasteiger partial charge in [-0.2, -0.15) is 0 Å². The van der Waals surface area contributed by atoms with Crippen molar-refractivity contribution in [2.24, 2.45) is 5.92 Å². The van der Waals surface area contributed by atoms with E-state index in [1.807, 2.05) is 30.5 Å². The minimum absolute atomic E-state index is 0.204. The lowest BCUT2D eigenvalue weighted by molar-refractivity contribution is 0.00762. The number of nitrogens with zero attached hydrogens (tertiary/aromatic N) is 4. The maximum absolute atomic E-state index is 12.6. The lowest BCUT2D eigenvalue weighted by atomic mass is 10.1. The first kappa shape index (κ1) is 17.7. The van der Waals surface area contributed by atoms with E-state index in [0.29, 0.717) is 23.9 Å². The molecule has 0 saturated heterocycles. The Morgan fingerprint density at radius 3 is 2.86 bits per heavy atom. The van der Waals surface area contributed by atoms with Crippen LogP contribution in [0.4, 0.5) is 0 Å². The Bertz CT molecular complexity index is 981.